The van der Waals surface area contributed by atoms with E-state index in [2.05, 4.69) is 48.1 Å². The summed E-state index contributed by atoms with van der Waals surface area (Å²) >= 11 is 3.41. The molecule has 1 aromatic rings. The first-order valence-corrected chi connectivity index (χ1v) is 8.84. The highest BCUT2D eigenvalue weighted by Crippen LogP contribution is 2.34. The second-order valence-corrected chi connectivity index (χ2v) is 8.15. The molecule has 0 aromatic heterocycles. The van der Waals surface area contributed by atoms with Gasteiger partial charge in [-0.05, 0) is 86.0 Å². The second kappa shape index (κ2) is 7.23. The van der Waals surface area contributed by atoms with Gasteiger partial charge in [-0.3, -0.25) is 0 Å². The molecule has 2 rings (SSSR count). The molecule has 3 heteroatoms. The number of benzene rings is 1. The molecule has 1 aliphatic carbocycles. The van der Waals surface area contributed by atoms with Crippen LogP contribution >= 0.6 is 15.9 Å². The van der Waals surface area contributed by atoms with Crippen LogP contribution in [-0.4, -0.2) is 12.1 Å². The molecule has 2 atom stereocenters. The Morgan fingerprint density at radius 2 is 1.86 bits per heavy atom. The average Bonchev–Trinajstić information content (AvgIpc) is 2.42. The zero-order valence-corrected chi connectivity index (χ0v) is 15.0. The fourth-order valence-corrected chi connectivity index (χ4v) is 3.67. The molecular formula is C18H27BrFN. The van der Waals surface area contributed by atoms with E-state index in [1.807, 2.05) is 6.07 Å². The molecule has 1 nitrogen and oxygen atoms in total. The zero-order valence-electron chi connectivity index (χ0n) is 13.4. The fourth-order valence-electron chi connectivity index (χ4n) is 3.25. The van der Waals surface area contributed by atoms with E-state index in [0.717, 1.165) is 18.5 Å². The molecule has 1 aromatic carbocycles. The predicted octanol–water partition coefficient (Wildman–Crippen LogP) is 5.33. The van der Waals surface area contributed by atoms with Crippen LogP contribution < -0.4 is 5.32 Å². The van der Waals surface area contributed by atoms with Gasteiger partial charge in [0.1, 0.15) is 5.82 Å². The Hall–Kier alpha value is -0.410. The first-order valence-electron chi connectivity index (χ1n) is 8.05. The van der Waals surface area contributed by atoms with Crippen LogP contribution in [-0.2, 0) is 6.42 Å². The van der Waals surface area contributed by atoms with Crippen LogP contribution in [0.25, 0.3) is 0 Å². The van der Waals surface area contributed by atoms with E-state index in [0.29, 0.717) is 16.3 Å². The maximum Gasteiger partial charge on any atom is 0.137 e. The van der Waals surface area contributed by atoms with Gasteiger partial charge in [-0.2, -0.15) is 0 Å². The molecule has 0 bridgehead atoms. The third-order valence-corrected chi connectivity index (χ3v) is 5.36. The molecule has 0 saturated heterocycles. The molecule has 0 spiro atoms. The molecule has 1 fully saturated rings. The summed E-state index contributed by atoms with van der Waals surface area (Å²) in [4.78, 5) is 0. The van der Waals surface area contributed by atoms with E-state index in [1.165, 1.54) is 31.7 Å². The molecule has 0 heterocycles. The van der Waals surface area contributed by atoms with E-state index in [-0.39, 0.29) is 11.4 Å². The van der Waals surface area contributed by atoms with Gasteiger partial charge >= 0.3 is 0 Å². The van der Waals surface area contributed by atoms with Crippen molar-refractivity contribution in [2.45, 2.75) is 58.4 Å². The van der Waals surface area contributed by atoms with Crippen LogP contribution in [0.5, 0.6) is 0 Å². The SMILES string of the molecule is CC(C)(C)NCC1CCCCC1Cc1cccc(F)c1Br. The highest BCUT2D eigenvalue weighted by molar-refractivity contribution is 9.10. The minimum absolute atomic E-state index is 0.146. The van der Waals surface area contributed by atoms with Gasteiger partial charge in [-0.15, -0.1) is 0 Å². The molecule has 0 aliphatic heterocycles. The van der Waals surface area contributed by atoms with Gasteiger partial charge in [0.2, 0.25) is 0 Å². The molecule has 1 N–H and O–H groups in total. The van der Waals surface area contributed by atoms with Gasteiger partial charge in [0, 0.05) is 5.54 Å². The lowest BCUT2D eigenvalue weighted by molar-refractivity contribution is 0.213. The Morgan fingerprint density at radius 1 is 1.19 bits per heavy atom. The smallest absolute Gasteiger partial charge is 0.137 e. The lowest BCUT2D eigenvalue weighted by Crippen LogP contribution is -2.41. The summed E-state index contributed by atoms with van der Waals surface area (Å²) in [5.41, 5.74) is 1.28. The Bertz CT molecular complexity index is 467. The Morgan fingerprint density at radius 3 is 2.52 bits per heavy atom. The molecule has 1 aliphatic rings. The third-order valence-electron chi connectivity index (χ3n) is 4.47. The Labute approximate surface area is 136 Å². The fraction of sp³-hybridized carbons (Fsp3) is 0.667. The first kappa shape index (κ1) is 17.0. The minimum Gasteiger partial charge on any atom is -0.312 e. The standard InChI is InChI=1S/C18H27BrFN/c1-18(2,3)21-12-15-8-5-4-7-13(15)11-14-9-6-10-16(20)17(14)19/h6,9-10,13,15,21H,4-5,7-8,11-12H2,1-3H3. The Kier molecular flexibility index (Phi) is 5.84. The van der Waals surface area contributed by atoms with Gasteiger partial charge in [-0.25, -0.2) is 4.39 Å². The average molecular weight is 356 g/mol. The molecule has 21 heavy (non-hydrogen) atoms. The monoisotopic (exact) mass is 355 g/mol. The van der Waals surface area contributed by atoms with Crippen LogP contribution in [0.1, 0.15) is 52.0 Å². The largest absolute Gasteiger partial charge is 0.312 e. The number of hydrogen-bond acceptors (Lipinski definition) is 1. The van der Waals surface area contributed by atoms with Gasteiger partial charge in [-0.1, -0.05) is 25.0 Å². The summed E-state index contributed by atoms with van der Waals surface area (Å²) in [7, 11) is 0. The topological polar surface area (TPSA) is 12.0 Å². The van der Waals surface area contributed by atoms with Crippen LogP contribution in [0.15, 0.2) is 22.7 Å². The zero-order chi connectivity index (χ0) is 15.5. The molecule has 118 valence electrons. The number of hydrogen-bond donors (Lipinski definition) is 1. The Balaban J connectivity index is 2.03. The van der Waals surface area contributed by atoms with Gasteiger partial charge in [0.05, 0.1) is 4.47 Å². The molecular weight excluding hydrogens is 329 g/mol. The summed E-state index contributed by atoms with van der Waals surface area (Å²) in [6.45, 7) is 7.72. The summed E-state index contributed by atoms with van der Waals surface area (Å²) in [6.07, 6.45) is 6.18. The lowest BCUT2D eigenvalue weighted by Gasteiger charge is -2.34. The quantitative estimate of drug-likeness (QED) is 0.769. The van der Waals surface area contributed by atoms with Gasteiger partial charge in [0.15, 0.2) is 0 Å². The van der Waals surface area contributed by atoms with Crippen molar-refractivity contribution in [3.05, 3.63) is 34.1 Å². The van der Waals surface area contributed by atoms with Crippen molar-refractivity contribution in [2.75, 3.05) is 6.54 Å². The van der Waals surface area contributed by atoms with Crippen molar-refractivity contribution in [3.63, 3.8) is 0 Å². The van der Waals surface area contributed by atoms with Crippen molar-refractivity contribution in [1.82, 2.24) is 5.32 Å². The number of rotatable bonds is 4. The van der Waals surface area contributed by atoms with Crippen molar-refractivity contribution in [2.24, 2.45) is 11.8 Å². The summed E-state index contributed by atoms with van der Waals surface area (Å²) in [6, 6.07) is 5.39. The third kappa shape index (κ3) is 5.07. The molecule has 0 radical (unpaired) electrons. The van der Waals surface area contributed by atoms with Crippen molar-refractivity contribution in [3.8, 4) is 0 Å². The lowest BCUT2D eigenvalue weighted by atomic mass is 9.76. The highest BCUT2D eigenvalue weighted by atomic mass is 79.9. The number of nitrogens with one attached hydrogen (secondary N) is 1. The normalized spacial score (nSPS) is 23.3. The van der Waals surface area contributed by atoms with Gasteiger partial charge in [0.25, 0.3) is 0 Å². The van der Waals surface area contributed by atoms with Crippen molar-refractivity contribution < 1.29 is 4.39 Å². The number of halogens is 2. The van der Waals surface area contributed by atoms with E-state index in [4.69, 9.17) is 0 Å². The maximum absolute atomic E-state index is 13.7. The predicted molar refractivity (Wildman–Crippen MR) is 91.0 cm³/mol. The van der Waals surface area contributed by atoms with Crippen LogP contribution in [0.4, 0.5) is 4.39 Å². The van der Waals surface area contributed by atoms with E-state index < -0.39 is 0 Å². The molecule has 2 unspecified atom stereocenters. The molecule has 1 saturated carbocycles. The van der Waals surface area contributed by atoms with E-state index >= 15 is 0 Å². The van der Waals surface area contributed by atoms with E-state index in [9.17, 15) is 4.39 Å². The van der Waals surface area contributed by atoms with Crippen LogP contribution in [0.2, 0.25) is 0 Å². The van der Waals surface area contributed by atoms with Crippen LogP contribution in [0, 0.1) is 17.7 Å². The van der Waals surface area contributed by atoms with E-state index in [1.54, 1.807) is 0 Å². The summed E-state index contributed by atoms with van der Waals surface area (Å²) < 4.78 is 14.3. The van der Waals surface area contributed by atoms with Crippen LogP contribution in [0.3, 0.4) is 0 Å². The molecule has 0 amide bonds. The van der Waals surface area contributed by atoms with Crippen molar-refractivity contribution >= 4 is 15.9 Å². The first-order chi connectivity index (χ1) is 9.87. The summed E-state index contributed by atoms with van der Waals surface area (Å²) in [5, 5.41) is 3.65. The maximum atomic E-state index is 13.7. The summed E-state index contributed by atoms with van der Waals surface area (Å²) in [5.74, 6) is 1.22. The highest BCUT2D eigenvalue weighted by Gasteiger charge is 2.27. The second-order valence-electron chi connectivity index (χ2n) is 7.35. The van der Waals surface area contributed by atoms with Crippen molar-refractivity contribution in [1.29, 1.82) is 0 Å². The van der Waals surface area contributed by atoms with Gasteiger partial charge < -0.3 is 5.32 Å². The minimum atomic E-state index is -0.146.